The van der Waals surface area contributed by atoms with Crippen LogP contribution in [0.3, 0.4) is 0 Å². The zero-order chi connectivity index (χ0) is 19.7. The number of fused-ring (bicyclic) bond motifs is 1. The van der Waals surface area contributed by atoms with Gasteiger partial charge in [0.2, 0.25) is 0 Å². The third-order valence-electron chi connectivity index (χ3n) is 4.81. The minimum Gasteiger partial charge on any atom is -0.459 e. The van der Waals surface area contributed by atoms with Crippen LogP contribution < -0.4 is 10.2 Å². The van der Waals surface area contributed by atoms with Crippen LogP contribution in [0.15, 0.2) is 52.9 Å². The zero-order valence-electron chi connectivity index (χ0n) is 15.8. The van der Waals surface area contributed by atoms with E-state index in [1.54, 1.807) is 16.8 Å². The highest BCUT2D eigenvalue weighted by molar-refractivity contribution is 5.95. The first-order valence-electron chi connectivity index (χ1n) is 9.06. The molecule has 1 aliphatic rings. The predicted octanol–water partition coefficient (Wildman–Crippen LogP) is 4.36. The molecule has 1 aromatic heterocycles. The lowest BCUT2D eigenvalue weighted by Gasteiger charge is -2.21. The standard InChI is InChI=1S/C21H21N3O4/c1-14-17(7-5-8-18(14)24-10-11-27-21(24)26)22-20(25)23(2)13-16-12-15-6-3-4-9-19(15)28-16/h3-9,12H,10-11,13H2,1-2H3,(H,22,25). The second-order valence-electron chi connectivity index (χ2n) is 6.75. The van der Waals surface area contributed by atoms with Crippen LogP contribution in [0.5, 0.6) is 0 Å². The van der Waals surface area contributed by atoms with E-state index >= 15 is 0 Å². The molecule has 7 nitrogen and oxygen atoms in total. The van der Waals surface area contributed by atoms with E-state index in [0.29, 0.717) is 31.1 Å². The van der Waals surface area contributed by atoms with Gasteiger partial charge < -0.3 is 19.4 Å². The number of para-hydroxylation sites is 1. The molecule has 1 aliphatic heterocycles. The Hall–Kier alpha value is -3.48. The maximum absolute atomic E-state index is 12.6. The molecule has 0 spiro atoms. The molecular weight excluding hydrogens is 358 g/mol. The van der Waals surface area contributed by atoms with Gasteiger partial charge in [0.25, 0.3) is 0 Å². The average Bonchev–Trinajstić information content (AvgIpc) is 3.28. The van der Waals surface area contributed by atoms with E-state index in [1.807, 2.05) is 55.5 Å². The summed E-state index contributed by atoms with van der Waals surface area (Å²) < 4.78 is 10.8. The molecule has 28 heavy (non-hydrogen) atoms. The van der Waals surface area contributed by atoms with Crippen LogP contribution in [0, 0.1) is 6.92 Å². The maximum Gasteiger partial charge on any atom is 0.414 e. The number of amides is 3. The fourth-order valence-electron chi connectivity index (χ4n) is 3.29. The number of nitrogens with zero attached hydrogens (tertiary/aromatic N) is 2. The summed E-state index contributed by atoms with van der Waals surface area (Å²) in [6, 6.07) is 14.9. The molecule has 2 heterocycles. The molecule has 1 saturated heterocycles. The van der Waals surface area contributed by atoms with Gasteiger partial charge in [-0.25, -0.2) is 9.59 Å². The van der Waals surface area contributed by atoms with Gasteiger partial charge in [-0.15, -0.1) is 0 Å². The Bertz CT molecular complexity index is 1010. The van der Waals surface area contributed by atoms with Crippen LogP contribution in [0.25, 0.3) is 11.0 Å². The number of furan rings is 1. The molecule has 1 N–H and O–H groups in total. The van der Waals surface area contributed by atoms with E-state index in [-0.39, 0.29) is 12.1 Å². The van der Waals surface area contributed by atoms with Crippen molar-refractivity contribution in [2.75, 3.05) is 30.4 Å². The van der Waals surface area contributed by atoms with Gasteiger partial charge in [0.1, 0.15) is 18.0 Å². The minimum atomic E-state index is -0.367. The molecular formula is C21H21N3O4. The van der Waals surface area contributed by atoms with Crippen molar-refractivity contribution in [2.24, 2.45) is 0 Å². The molecule has 0 bridgehead atoms. The molecule has 144 valence electrons. The first kappa shape index (κ1) is 17.9. The largest absolute Gasteiger partial charge is 0.459 e. The Labute approximate surface area is 162 Å². The number of benzene rings is 2. The van der Waals surface area contributed by atoms with Crippen LogP contribution in [0.4, 0.5) is 21.0 Å². The van der Waals surface area contributed by atoms with E-state index in [1.165, 1.54) is 0 Å². The number of hydrogen-bond donors (Lipinski definition) is 1. The number of hydrogen-bond acceptors (Lipinski definition) is 4. The Balaban J connectivity index is 1.47. The average molecular weight is 379 g/mol. The summed E-state index contributed by atoms with van der Waals surface area (Å²) in [6.45, 7) is 3.09. The van der Waals surface area contributed by atoms with Gasteiger partial charge >= 0.3 is 12.1 Å². The highest BCUT2D eigenvalue weighted by Gasteiger charge is 2.25. The summed E-state index contributed by atoms with van der Waals surface area (Å²) in [4.78, 5) is 27.6. The monoisotopic (exact) mass is 379 g/mol. The number of urea groups is 1. The van der Waals surface area contributed by atoms with Gasteiger partial charge in [-0.1, -0.05) is 24.3 Å². The van der Waals surface area contributed by atoms with Crippen molar-refractivity contribution in [3.05, 3.63) is 59.9 Å². The molecule has 0 saturated carbocycles. The molecule has 4 rings (SSSR count). The first-order chi connectivity index (χ1) is 13.5. The second kappa shape index (κ2) is 7.26. The van der Waals surface area contributed by atoms with Gasteiger partial charge in [0.05, 0.1) is 18.8 Å². The van der Waals surface area contributed by atoms with Crippen molar-refractivity contribution in [3.8, 4) is 0 Å². The smallest absolute Gasteiger partial charge is 0.414 e. The van der Waals surface area contributed by atoms with E-state index in [9.17, 15) is 9.59 Å². The predicted molar refractivity (Wildman–Crippen MR) is 107 cm³/mol. The Kier molecular flexibility index (Phi) is 4.65. The van der Waals surface area contributed by atoms with Crippen LogP contribution in [-0.2, 0) is 11.3 Å². The van der Waals surface area contributed by atoms with Gasteiger partial charge in [-0.05, 0) is 36.8 Å². The molecule has 3 amide bonds. The lowest BCUT2D eigenvalue weighted by atomic mass is 10.1. The maximum atomic E-state index is 12.6. The third-order valence-corrected chi connectivity index (χ3v) is 4.81. The number of cyclic esters (lactones) is 1. The molecule has 3 aromatic rings. The summed E-state index contributed by atoms with van der Waals surface area (Å²) in [7, 11) is 1.71. The van der Waals surface area contributed by atoms with E-state index in [0.717, 1.165) is 22.2 Å². The van der Waals surface area contributed by atoms with Crippen molar-refractivity contribution in [3.63, 3.8) is 0 Å². The topological polar surface area (TPSA) is 75.0 Å². The lowest BCUT2D eigenvalue weighted by Crippen LogP contribution is -2.31. The van der Waals surface area contributed by atoms with Crippen LogP contribution in [0.1, 0.15) is 11.3 Å². The van der Waals surface area contributed by atoms with Crippen LogP contribution in [-0.4, -0.2) is 37.2 Å². The van der Waals surface area contributed by atoms with Crippen molar-refractivity contribution in [2.45, 2.75) is 13.5 Å². The second-order valence-corrected chi connectivity index (χ2v) is 6.75. The van der Waals surface area contributed by atoms with Crippen molar-refractivity contribution in [1.82, 2.24) is 4.90 Å². The number of rotatable bonds is 4. The number of nitrogens with one attached hydrogen (secondary N) is 1. The minimum absolute atomic E-state index is 0.260. The van der Waals surface area contributed by atoms with Crippen molar-refractivity contribution >= 4 is 34.5 Å². The number of carbonyl (C=O) groups excluding carboxylic acids is 2. The van der Waals surface area contributed by atoms with Crippen molar-refractivity contribution < 1.29 is 18.7 Å². The normalized spacial score (nSPS) is 13.6. The molecule has 0 unspecified atom stereocenters. The zero-order valence-corrected chi connectivity index (χ0v) is 15.8. The molecule has 0 radical (unpaired) electrons. The number of ether oxygens (including phenoxy) is 1. The SMILES string of the molecule is Cc1c(NC(=O)N(C)Cc2cc3ccccc3o2)cccc1N1CCOC1=O. The summed E-state index contributed by atoms with van der Waals surface area (Å²) >= 11 is 0. The molecule has 0 aliphatic carbocycles. The highest BCUT2D eigenvalue weighted by Crippen LogP contribution is 2.29. The van der Waals surface area contributed by atoms with E-state index in [2.05, 4.69) is 5.32 Å². The summed E-state index contributed by atoms with van der Waals surface area (Å²) in [5.41, 5.74) is 3.00. The Morgan fingerprint density at radius 3 is 2.79 bits per heavy atom. The fraction of sp³-hybridized carbons (Fsp3) is 0.238. The van der Waals surface area contributed by atoms with Crippen LogP contribution in [0.2, 0.25) is 0 Å². The molecule has 0 atom stereocenters. The molecule has 2 aromatic carbocycles. The number of carbonyl (C=O) groups is 2. The quantitative estimate of drug-likeness (QED) is 0.731. The summed E-state index contributed by atoms with van der Waals surface area (Å²) in [5.74, 6) is 0.712. The number of anilines is 2. The van der Waals surface area contributed by atoms with Crippen LogP contribution >= 0.6 is 0 Å². The molecule has 1 fully saturated rings. The Morgan fingerprint density at radius 1 is 1.21 bits per heavy atom. The lowest BCUT2D eigenvalue weighted by molar-refractivity contribution is 0.181. The fourth-order valence-corrected chi connectivity index (χ4v) is 3.29. The van der Waals surface area contributed by atoms with Gasteiger partial charge in [-0.2, -0.15) is 0 Å². The third kappa shape index (κ3) is 3.38. The van der Waals surface area contributed by atoms with Gasteiger partial charge in [0, 0.05) is 18.1 Å². The Morgan fingerprint density at radius 2 is 2.04 bits per heavy atom. The first-order valence-corrected chi connectivity index (χ1v) is 9.06. The molecule has 7 heteroatoms. The highest BCUT2D eigenvalue weighted by atomic mass is 16.6. The van der Waals surface area contributed by atoms with E-state index < -0.39 is 0 Å². The van der Waals surface area contributed by atoms with Gasteiger partial charge in [-0.3, -0.25) is 4.90 Å². The summed E-state index contributed by atoms with van der Waals surface area (Å²) in [5, 5.41) is 3.92. The summed E-state index contributed by atoms with van der Waals surface area (Å²) in [6.07, 6.45) is -0.367. The van der Waals surface area contributed by atoms with Gasteiger partial charge in [0.15, 0.2) is 0 Å². The van der Waals surface area contributed by atoms with Crippen molar-refractivity contribution in [1.29, 1.82) is 0 Å². The van der Waals surface area contributed by atoms with E-state index in [4.69, 9.17) is 9.15 Å².